The Morgan fingerprint density at radius 2 is 1.83 bits per heavy atom. The van der Waals surface area contributed by atoms with Crippen LogP contribution in [-0.4, -0.2) is 16.9 Å². The van der Waals surface area contributed by atoms with Crippen molar-refractivity contribution in [2.24, 2.45) is 7.05 Å². The van der Waals surface area contributed by atoms with Crippen molar-refractivity contribution >= 4 is 5.82 Å². The fourth-order valence-electron chi connectivity index (χ4n) is 2.45. The molecule has 0 fully saturated rings. The number of methoxy groups -OCH3 is 1. The van der Waals surface area contributed by atoms with Gasteiger partial charge in [-0.05, 0) is 17.7 Å². The summed E-state index contributed by atoms with van der Waals surface area (Å²) >= 11 is 0. The molecule has 0 atom stereocenters. The molecule has 0 radical (unpaired) electrons. The van der Waals surface area contributed by atoms with Crippen molar-refractivity contribution in [2.45, 2.75) is 6.61 Å². The van der Waals surface area contributed by atoms with Gasteiger partial charge >= 0.3 is 0 Å². The van der Waals surface area contributed by atoms with Crippen molar-refractivity contribution in [3.05, 3.63) is 60.0 Å². The number of halogens is 1. The topological polar surface area (TPSA) is 62.3 Å². The molecule has 0 saturated heterocycles. The molecular weight excluding hydrogens is 309 g/mol. The van der Waals surface area contributed by atoms with E-state index in [0.29, 0.717) is 17.1 Å². The first kappa shape index (κ1) is 15.9. The standard InChI is InChI=1S/C18H18FN3O2/c1-22-18(20)13(10-21-22)16-14(23-2)8-9-15(17(16)19)24-11-12-6-4-3-5-7-12/h3-10H,11,20H2,1-2H3. The molecule has 0 unspecified atom stereocenters. The van der Waals surface area contributed by atoms with Crippen LogP contribution in [0.4, 0.5) is 10.2 Å². The van der Waals surface area contributed by atoms with Gasteiger partial charge in [-0.3, -0.25) is 4.68 Å². The molecular formula is C18H18FN3O2. The van der Waals surface area contributed by atoms with E-state index in [2.05, 4.69) is 5.10 Å². The van der Waals surface area contributed by atoms with Gasteiger partial charge in [-0.2, -0.15) is 5.10 Å². The molecule has 1 heterocycles. The van der Waals surface area contributed by atoms with Crippen molar-refractivity contribution in [2.75, 3.05) is 12.8 Å². The minimum atomic E-state index is -0.523. The van der Waals surface area contributed by atoms with E-state index >= 15 is 4.39 Å². The Balaban J connectivity index is 1.98. The van der Waals surface area contributed by atoms with E-state index in [1.807, 2.05) is 30.3 Å². The summed E-state index contributed by atoms with van der Waals surface area (Å²) in [5, 5.41) is 4.06. The number of nitrogens with zero attached hydrogens (tertiary/aromatic N) is 2. The molecule has 3 aromatic rings. The Morgan fingerprint density at radius 3 is 2.46 bits per heavy atom. The molecule has 2 aromatic carbocycles. The van der Waals surface area contributed by atoms with Gasteiger partial charge in [0.2, 0.25) is 0 Å². The van der Waals surface area contributed by atoms with E-state index in [9.17, 15) is 0 Å². The molecule has 1 aromatic heterocycles. The second-order valence-corrected chi connectivity index (χ2v) is 5.30. The highest BCUT2D eigenvalue weighted by Crippen LogP contribution is 2.39. The highest BCUT2D eigenvalue weighted by molar-refractivity contribution is 5.80. The summed E-state index contributed by atoms with van der Waals surface area (Å²) in [6.07, 6.45) is 1.51. The van der Waals surface area contributed by atoms with Gasteiger partial charge in [0.25, 0.3) is 0 Å². The Kier molecular flexibility index (Phi) is 4.37. The first-order chi connectivity index (χ1) is 11.6. The van der Waals surface area contributed by atoms with E-state index < -0.39 is 5.82 Å². The number of rotatable bonds is 5. The fourth-order valence-corrected chi connectivity index (χ4v) is 2.45. The highest BCUT2D eigenvalue weighted by atomic mass is 19.1. The number of hydrogen-bond acceptors (Lipinski definition) is 4. The maximum Gasteiger partial charge on any atom is 0.176 e. The van der Waals surface area contributed by atoms with Gasteiger partial charge in [-0.1, -0.05) is 30.3 Å². The summed E-state index contributed by atoms with van der Waals surface area (Å²) < 4.78 is 27.4. The van der Waals surface area contributed by atoms with E-state index in [0.717, 1.165) is 5.56 Å². The molecule has 0 amide bonds. The Bertz CT molecular complexity index is 847. The molecule has 0 saturated carbocycles. The van der Waals surface area contributed by atoms with Crippen LogP contribution in [0, 0.1) is 5.82 Å². The summed E-state index contributed by atoms with van der Waals surface area (Å²) in [6.45, 7) is 0.270. The molecule has 0 bridgehead atoms. The lowest BCUT2D eigenvalue weighted by Gasteiger charge is -2.13. The van der Waals surface area contributed by atoms with E-state index in [-0.39, 0.29) is 17.9 Å². The average Bonchev–Trinajstić information content (AvgIpc) is 2.93. The van der Waals surface area contributed by atoms with Crippen LogP contribution in [0.25, 0.3) is 11.1 Å². The van der Waals surface area contributed by atoms with Gasteiger partial charge < -0.3 is 15.2 Å². The predicted molar refractivity (Wildman–Crippen MR) is 90.3 cm³/mol. The molecule has 0 aliphatic heterocycles. The zero-order chi connectivity index (χ0) is 17.1. The third kappa shape index (κ3) is 2.90. The molecule has 0 aliphatic carbocycles. The van der Waals surface area contributed by atoms with Crippen LogP contribution in [0.2, 0.25) is 0 Å². The number of nitrogens with two attached hydrogens (primary N) is 1. The van der Waals surface area contributed by atoms with Crippen LogP contribution in [0.1, 0.15) is 5.56 Å². The van der Waals surface area contributed by atoms with Crippen molar-refractivity contribution in [3.8, 4) is 22.6 Å². The van der Waals surface area contributed by atoms with Crippen molar-refractivity contribution < 1.29 is 13.9 Å². The van der Waals surface area contributed by atoms with Crippen LogP contribution in [0.5, 0.6) is 11.5 Å². The van der Waals surface area contributed by atoms with E-state index in [4.69, 9.17) is 15.2 Å². The Labute approximate surface area is 139 Å². The quantitative estimate of drug-likeness (QED) is 0.780. The van der Waals surface area contributed by atoms with Crippen LogP contribution in [0.3, 0.4) is 0 Å². The summed E-state index contributed by atoms with van der Waals surface area (Å²) in [5.74, 6) is 0.342. The number of ether oxygens (including phenoxy) is 2. The number of hydrogen-bond donors (Lipinski definition) is 1. The van der Waals surface area contributed by atoms with Crippen LogP contribution in [-0.2, 0) is 13.7 Å². The minimum Gasteiger partial charge on any atom is -0.496 e. The van der Waals surface area contributed by atoms with E-state index in [1.165, 1.54) is 18.0 Å². The smallest absolute Gasteiger partial charge is 0.176 e. The van der Waals surface area contributed by atoms with Crippen molar-refractivity contribution in [3.63, 3.8) is 0 Å². The fraction of sp³-hybridized carbons (Fsp3) is 0.167. The van der Waals surface area contributed by atoms with Crippen LogP contribution >= 0.6 is 0 Å². The predicted octanol–water partition coefficient (Wildman–Crippen LogP) is 3.40. The monoisotopic (exact) mass is 327 g/mol. The number of benzene rings is 2. The van der Waals surface area contributed by atoms with Gasteiger partial charge in [0.1, 0.15) is 18.2 Å². The molecule has 124 valence electrons. The maximum absolute atomic E-state index is 15.0. The average molecular weight is 327 g/mol. The Hall–Kier alpha value is -3.02. The zero-order valence-electron chi connectivity index (χ0n) is 13.5. The van der Waals surface area contributed by atoms with Crippen molar-refractivity contribution in [1.82, 2.24) is 9.78 Å². The lowest BCUT2D eigenvalue weighted by molar-refractivity contribution is 0.289. The third-order valence-corrected chi connectivity index (χ3v) is 3.78. The molecule has 0 spiro atoms. The van der Waals surface area contributed by atoms with Crippen LogP contribution in [0.15, 0.2) is 48.7 Å². The number of anilines is 1. The summed E-state index contributed by atoms with van der Waals surface area (Å²) in [6, 6.07) is 12.8. The molecule has 24 heavy (non-hydrogen) atoms. The van der Waals surface area contributed by atoms with Gasteiger partial charge in [0, 0.05) is 7.05 Å². The lowest BCUT2D eigenvalue weighted by atomic mass is 10.1. The maximum atomic E-state index is 15.0. The molecule has 3 rings (SSSR count). The molecule has 5 nitrogen and oxygen atoms in total. The number of aromatic nitrogens is 2. The first-order valence-corrected chi connectivity index (χ1v) is 7.43. The second kappa shape index (κ2) is 6.62. The SMILES string of the molecule is COc1ccc(OCc2ccccc2)c(F)c1-c1cnn(C)c1N. The first-order valence-electron chi connectivity index (χ1n) is 7.43. The second-order valence-electron chi connectivity index (χ2n) is 5.30. The summed E-state index contributed by atoms with van der Waals surface area (Å²) in [7, 11) is 3.17. The third-order valence-electron chi connectivity index (χ3n) is 3.78. The van der Waals surface area contributed by atoms with Crippen molar-refractivity contribution in [1.29, 1.82) is 0 Å². The lowest BCUT2D eigenvalue weighted by Crippen LogP contribution is -2.02. The van der Waals surface area contributed by atoms with Gasteiger partial charge in [-0.15, -0.1) is 0 Å². The summed E-state index contributed by atoms with van der Waals surface area (Å²) in [4.78, 5) is 0. The number of nitrogen functional groups attached to an aromatic ring is 1. The van der Waals surface area contributed by atoms with Crippen LogP contribution < -0.4 is 15.2 Å². The zero-order valence-corrected chi connectivity index (χ0v) is 13.5. The summed E-state index contributed by atoms with van der Waals surface area (Å²) in [5.41, 5.74) is 7.65. The highest BCUT2D eigenvalue weighted by Gasteiger charge is 2.21. The van der Waals surface area contributed by atoms with Gasteiger partial charge in [0.05, 0.1) is 24.4 Å². The number of aryl methyl sites for hydroxylation is 1. The van der Waals surface area contributed by atoms with E-state index in [1.54, 1.807) is 19.2 Å². The normalized spacial score (nSPS) is 10.6. The molecule has 0 aliphatic rings. The molecule has 2 N–H and O–H groups in total. The minimum absolute atomic E-state index is 0.137. The largest absolute Gasteiger partial charge is 0.496 e. The molecule has 6 heteroatoms. The Morgan fingerprint density at radius 1 is 1.12 bits per heavy atom. The van der Waals surface area contributed by atoms with Gasteiger partial charge in [0.15, 0.2) is 11.6 Å². The van der Waals surface area contributed by atoms with Gasteiger partial charge in [-0.25, -0.2) is 4.39 Å².